The zero-order valence-corrected chi connectivity index (χ0v) is 11.3. The van der Waals surface area contributed by atoms with Crippen LogP contribution >= 0.6 is 11.6 Å². The molecular weight excluding hydrogens is 293 g/mol. The third-order valence-corrected chi connectivity index (χ3v) is 3.17. The molecule has 21 heavy (non-hydrogen) atoms. The minimum absolute atomic E-state index is 0.165. The maximum Gasteiger partial charge on any atom is 0.230 e. The topological polar surface area (TPSA) is 58.8 Å². The number of hydrogen-bond donors (Lipinski definition) is 0. The first-order valence-electron chi connectivity index (χ1n) is 5.96. The summed E-state index contributed by atoms with van der Waals surface area (Å²) in [6.45, 7) is 0. The summed E-state index contributed by atoms with van der Waals surface area (Å²) < 4.78 is 19.0. The molecule has 2 aromatic carbocycles. The molecule has 0 radical (unpaired) electrons. The first kappa shape index (κ1) is 13.3. The Morgan fingerprint density at radius 2 is 2.05 bits per heavy atom. The Labute approximate surface area is 124 Å². The largest absolute Gasteiger partial charge is 0.437 e. The average Bonchev–Trinajstić information content (AvgIpc) is 2.48. The van der Waals surface area contributed by atoms with E-state index in [-0.39, 0.29) is 22.2 Å². The molecule has 102 valence electrons. The van der Waals surface area contributed by atoms with Crippen molar-refractivity contribution in [3.05, 3.63) is 59.1 Å². The van der Waals surface area contributed by atoms with Crippen molar-refractivity contribution in [1.29, 1.82) is 5.26 Å². The van der Waals surface area contributed by atoms with Gasteiger partial charge in [0, 0.05) is 0 Å². The number of aromatic nitrogens is 2. The Morgan fingerprint density at radius 1 is 1.19 bits per heavy atom. The third kappa shape index (κ3) is 2.49. The number of benzene rings is 2. The molecular formula is C15H7ClFN3O. The first-order valence-corrected chi connectivity index (χ1v) is 6.33. The van der Waals surface area contributed by atoms with E-state index in [4.69, 9.17) is 21.6 Å². The second-order valence-corrected chi connectivity index (χ2v) is 4.57. The highest BCUT2D eigenvalue weighted by molar-refractivity contribution is 6.31. The van der Waals surface area contributed by atoms with E-state index in [9.17, 15) is 4.39 Å². The van der Waals surface area contributed by atoms with E-state index in [0.717, 1.165) is 0 Å². The maximum atomic E-state index is 13.4. The van der Waals surface area contributed by atoms with Crippen molar-refractivity contribution in [2.45, 2.75) is 0 Å². The van der Waals surface area contributed by atoms with Gasteiger partial charge in [0.15, 0.2) is 0 Å². The number of fused-ring (bicyclic) bond motifs is 1. The Kier molecular flexibility index (Phi) is 3.38. The van der Waals surface area contributed by atoms with Gasteiger partial charge in [-0.2, -0.15) is 5.26 Å². The molecule has 1 heterocycles. The zero-order chi connectivity index (χ0) is 14.8. The predicted octanol–water partition coefficient (Wildman–Crippen LogP) is 4.09. The first-order chi connectivity index (χ1) is 10.2. The summed E-state index contributed by atoms with van der Waals surface area (Å²) in [5.41, 5.74) is 0.740. The van der Waals surface area contributed by atoms with Crippen molar-refractivity contribution < 1.29 is 9.13 Å². The van der Waals surface area contributed by atoms with Crippen LogP contribution in [0.4, 0.5) is 4.39 Å². The van der Waals surface area contributed by atoms with Gasteiger partial charge in [0.2, 0.25) is 5.88 Å². The molecule has 0 aliphatic heterocycles. The van der Waals surface area contributed by atoms with Gasteiger partial charge in [-0.3, -0.25) is 0 Å². The van der Waals surface area contributed by atoms with Gasteiger partial charge < -0.3 is 4.74 Å². The van der Waals surface area contributed by atoms with Gasteiger partial charge >= 0.3 is 0 Å². The monoisotopic (exact) mass is 299 g/mol. The molecule has 1 aromatic heterocycles. The van der Waals surface area contributed by atoms with Crippen molar-refractivity contribution >= 4 is 22.5 Å². The number of ether oxygens (including phenoxy) is 1. The van der Waals surface area contributed by atoms with E-state index in [1.165, 1.54) is 24.5 Å². The van der Waals surface area contributed by atoms with Crippen molar-refractivity contribution in [2.24, 2.45) is 0 Å². The quantitative estimate of drug-likeness (QED) is 0.715. The molecule has 0 N–H and O–H groups in total. The number of halogens is 2. The highest BCUT2D eigenvalue weighted by Crippen LogP contribution is 2.31. The fraction of sp³-hybridized carbons (Fsp3) is 0. The molecule has 0 aliphatic carbocycles. The van der Waals surface area contributed by atoms with Crippen molar-refractivity contribution in [1.82, 2.24) is 9.97 Å². The average molecular weight is 300 g/mol. The van der Waals surface area contributed by atoms with Gasteiger partial charge in [-0.15, -0.1) is 0 Å². The smallest absolute Gasteiger partial charge is 0.230 e. The molecule has 0 atom stereocenters. The van der Waals surface area contributed by atoms with Gasteiger partial charge in [0.25, 0.3) is 0 Å². The summed E-state index contributed by atoms with van der Waals surface area (Å²) in [5, 5.41) is 9.82. The van der Waals surface area contributed by atoms with Gasteiger partial charge in [-0.25, -0.2) is 14.4 Å². The fourth-order valence-corrected chi connectivity index (χ4v) is 2.10. The van der Waals surface area contributed by atoms with Crippen LogP contribution in [-0.4, -0.2) is 9.97 Å². The van der Waals surface area contributed by atoms with Crippen LogP contribution in [0, 0.1) is 17.1 Å². The molecule has 3 rings (SSSR count). The molecule has 6 heteroatoms. The van der Waals surface area contributed by atoms with E-state index < -0.39 is 5.82 Å². The molecule has 0 unspecified atom stereocenters. The summed E-state index contributed by atoms with van der Waals surface area (Å²) in [5.74, 6) is 0.00118. The van der Waals surface area contributed by atoms with Crippen molar-refractivity contribution in [3.8, 4) is 17.7 Å². The van der Waals surface area contributed by atoms with E-state index >= 15 is 0 Å². The van der Waals surface area contributed by atoms with Gasteiger partial charge in [-0.05, 0) is 30.3 Å². The van der Waals surface area contributed by atoms with Crippen LogP contribution in [0.15, 0.2) is 42.7 Å². The highest BCUT2D eigenvalue weighted by atomic mass is 35.5. The van der Waals surface area contributed by atoms with Gasteiger partial charge in [0.05, 0.1) is 15.9 Å². The van der Waals surface area contributed by atoms with Crippen LogP contribution in [0.5, 0.6) is 11.6 Å². The van der Waals surface area contributed by atoms with E-state index in [1.807, 2.05) is 6.07 Å². The normalized spacial score (nSPS) is 10.3. The summed E-state index contributed by atoms with van der Waals surface area (Å²) in [6, 6.07) is 10.9. The van der Waals surface area contributed by atoms with Crippen LogP contribution in [0.3, 0.4) is 0 Å². The Hall–Kier alpha value is -2.71. The molecule has 0 saturated carbocycles. The molecule has 0 spiro atoms. The Bertz CT molecular complexity index is 876. The second kappa shape index (κ2) is 5.35. The molecule has 0 bridgehead atoms. The summed E-state index contributed by atoms with van der Waals surface area (Å²) in [6.07, 6.45) is 1.31. The van der Waals surface area contributed by atoms with Crippen LogP contribution in [0.25, 0.3) is 10.9 Å². The van der Waals surface area contributed by atoms with Crippen molar-refractivity contribution in [3.63, 3.8) is 0 Å². The van der Waals surface area contributed by atoms with Gasteiger partial charge in [-0.1, -0.05) is 17.7 Å². The second-order valence-electron chi connectivity index (χ2n) is 4.17. The van der Waals surface area contributed by atoms with Crippen LogP contribution in [0.2, 0.25) is 5.02 Å². The summed E-state index contributed by atoms with van der Waals surface area (Å²) in [7, 11) is 0. The number of nitrogens with zero attached hydrogens (tertiary/aromatic N) is 3. The van der Waals surface area contributed by atoms with E-state index in [2.05, 4.69) is 9.97 Å². The van der Waals surface area contributed by atoms with Crippen molar-refractivity contribution in [2.75, 3.05) is 0 Å². The molecule has 0 fully saturated rings. The SMILES string of the molecule is N#Cc1c(Cl)cccc1Oc1ncnc2ccc(F)cc12. The third-order valence-electron chi connectivity index (χ3n) is 2.85. The molecule has 0 amide bonds. The minimum Gasteiger partial charge on any atom is -0.437 e. The summed E-state index contributed by atoms with van der Waals surface area (Å²) in [4.78, 5) is 8.03. The lowest BCUT2D eigenvalue weighted by molar-refractivity contribution is 0.466. The molecule has 4 nitrogen and oxygen atoms in total. The minimum atomic E-state index is -0.422. The zero-order valence-electron chi connectivity index (χ0n) is 10.5. The number of rotatable bonds is 2. The van der Waals surface area contributed by atoms with Crippen LogP contribution in [-0.2, 0) is 0 Å². The molecule has 3 aromatic rings. The van der Waals surface area contributed by atoms with Gasteiger partial charge in [0.1, 0.15) is 29.5 Å². The predicted molar refractivity (Wildman–Crippen MR) is 75.7 cm³/mol. The number of nitriles is 1. The molecule has 0 saturated heterocycles. The lowest BCUT2D eigenvalue weighted by Gasteiger charge is -2.09. The lowest BCUT2D eigenvalue weighted by Crippen LogP contribution is -1.94. The molecule has 0 aliphatic rings. The Morgan fingerprint density at radius 3 is 2.86 bits per heavy atom. The van der Waals surface area contributed by atoms with E-state index in [0.29, 0.717) is 10.9 Å². The highest BCUT2D eigenvalue weighted by Gasteiger charge is 2.12. The van der Waals surface area contributed by atoms with E-state index in [1.54, 1.807) is 18.2 Å². The Balaban J connectivity index is 2.13. The summed E-state index contributed by atoms with van der Waals surface area (Å²) >= 11 is 5.94. The fourth-order valence-electron chi connectivity index (χ4n) is 1.89. The standard InChI is InChI=1S/C15H7ClFN3O/c16-12-2-1-3-14(11(12)7-18)21-15-10-6-9(17)4-5-13(10)19-8-20-15/h1-6,8H. The van der Waals surface area contributed by atoms with Crippen LogP contribution in [0.1, 0.15) is 5.56 Å². The number of hydrogen-bond acceptors (Lipinski definition) is 4. The maximum absolute atomic E-state index is 13.4. The van der Waals surface area contributed by atoms with Crippen LogP contribution < -0.4 is 4.74 Å². The lowest BCUT2D eigenvalue weighted by atomic mass is 10.2.